The molecule has 0 unspecified atom stereocenters. The first kappa shape index (κ1) is 16.2. The van der Waals surface area contributed by atoms with E-state index in [1.807, 2.05) is 0 Å². The maximum atomic E-state index is 11.9. The van der Waals surface area contributed by atoms with Crippen LogP contribution in [0.1, 0.15) is 6.42 Å². The van der Waals surface area contributed by atoms with Gasteiger partial charge in [0.15, 0.2) is 0 Å². The summed E-state index contributed by atoms with van der Waals surface area (Å²) in [6.07, 6.45) is -3.48. The third-order valence-corrected chi connectivity index (χ3v) is 2.89. The van der Waals surface area contributed by atoms with Crippen LogP contribution in [0.15, 0.2) is 0 Å². The van der Waals surface area contributed by atoms with Gasteiger partial charge in [-0.1, -0.05) is 0 Å². The maximum Gasteiger partial charge on any atom is 0.411 e. The van der Waals surface area contributed by atoms with E-state index in [1.54, 1.807) is 0 Å². The topological polar surface area (TPSA) is 58.8 Å². The Morgan fingerprint density at radius 2 is 1.84 bits per heavy atom. The second-order valence-corrected chi connectivity index (χ2v) is 4.47. The number of amides is 1. The number of nitrogens with zero attached hydrogens (tertiary/aromatic N) is 2. The summed E-state index contributed by atoms with van der Waals surface area (Å²) >= 11 is 0. The first-order chi connectivity index (χ1) is 8.92. The maximum absolute atomic E-state index is 11.9. The lowest BCUT2D eigenvalue weighted by atomic mass is 10.3. The third kappa shape index (κ3) is 6.74. The van der Waals surface area contributed by atoms with Crippen molar-refractivity contribution in [3.05, 3.63) is 0 Å². The van der Waals surface area contributed by atoms with Crippen LogP contribution in [0.2, 0.25) is 0 Å². The molecule has 0 spiro atoms. The molecule has 0 radical (unpaired) electrons. The van der Waals surface area contributed by atoms with Crippen molar-refractivity contribution in [3.63, 3.8) is 0 Å². The van der Waals surface area contributed by atoms with E-state index in [-0.39, 0.29) is 5.91 Å². The first-order valence-corrected chi connectivity index (χ1v) is 6.27. The lowest BCUT2D eigenvalue weighted by Crippen LogP contribution is -2.50. The van der Waals surface area contributed by atoms with Gasteiger partial charge in [-0.15, -0.1) is 0 Å². The summed E-state index contributed by atoms with van der Waals surface area (Å²) in [5.74, 6) is -0.386. The largest absolute Gasteiger partial charge is 0.411 e. The van der Waals surface area contributed by atoms with Crippen LogP contribution in [0.3, 0.4) is 0 Å². The van der Waals surface area contributed by atoms with Crippen molar-refractivity contribution in [1.82, 2.24) is 9.80 Å². The van der Waals surface area contributed by atoms with Gasteiger partial charge in [0.05, 0.1) is 0 Å². The fourth-order valence-corrected chi connectivity index (χ4v) is 1.88. The number of piperazine rings is 1. The van der Waals surface area contributed by atoms with Gasteiger partial charge in [-0.25, -0.2) is 0 Å². The summed E-state index contributed by atoms with van der Waals surface area (Å²) in [4.78, 5) is 15.3. The van der Waals surface area contributed by atoms with Gasteiger partial charge in [0.2, 0.25) is 5.91 Å². The number of carbonyl (C=O) groups excluding carboxylic acids is 1. The third-order valence-electron chi connectivity index (χ3n) is 2.89. The lowest BCUT2D eigenvalue weighted by Gasteiger charge is -2.34. The van der Waals surface area contributed by atoms with Crippen LogP contribution in [0.25, 0.3) is 0 Å². The molecule has 0 aromatic rings. The Labute approximate surface area is 110 Å². The number of ether oxygens (including phenoxy) is 1. The molecule has 19 heavy (non-hydrogen) atoms. The van der Waals surface area contributed by atoms with Gasteiger partial charge >= 0.3 is 6.18 Å². The molecule has 1 aliphatic heterocycles. The van der Waals surface area contributed by atoms with Crippen LogP contribution in [-0.2, 0) is 9.53 Å². The van der Waals surface area contributed by atoms with Crippen LogP contribution in [0, 0.1) is 0 Å². The van der Waals surface area contributed by atoms with E-state index in [2.05, 4.69) is 9.64 Å². The van der Waals surface area contributed by atoms with Gasteiger partial charge in [-0.3, -0.25) is 9.69 Å². The van der Waals surface area contributed by atoms with Crippen molar-refractivity contribution in [3.8, 4) is 0 Å². The molecule has 0 saturated carbocycles. The van der Waals surface area contributed by atoms with Crippen molar-refractivity contribution in [2.24, 2.45) is 5.73 Å². The highest BCUT2D eigenvalue weighted by Gasteiger charge is 2.28. The fourth-order valence-electron chi connectivity index (χ4n) is 1.88. The van der Waals surface area contributed by atoms with Gasteiger partial charge in [0.1, 0.15) is 13.2 Å². The van der Waals surface area contributed by atoms with Gasteiger partial charge in [0, 0.05) is 26.2 Å². The van der Waals surface area contributed by atoms with Gasteiger partial charge in [-0.05, 0) is 19.5 Å². The van der Waals surface area contributed by atoms with E-state index in [1.165, 1.54) is 4.90 Å². The molecule has 0 bridgehead atoms. The zero-order valence-electron chi connectivity index (χ0n) is 10.8. The summed E-state index contributed by atoms with van der Waals surface area (Å²) < 4.78 is 39.9. The molecule has 1 heterocycles. The van der Waals surface area contributed by atoms with E-state index in [9.17, 15) is 18.0 Å². The lowest BCUT2D eigenvalue weighted by molar-refractivity contribution is -0.178. The fraction of sp³-hybridized carbons (Fsp3) is 0.909. The van der Waals surface area contributed by atoms with Gasteiger partial charge in [0.25, 0.3) is 0 Å². The summed E-state index contributed by atoms with van der Waals surface area (Å²) in [6.45, 7) is 2.14. The number of hydrogen-bond acceptors (Lipinski definition) is 4. The quantitative estimate of drug-likeness (QED) is 0.749. The Morgan fingerprint density at radius 3 is 2.37 bits per heavy atom. The molecule has 5 nitrogen and oxygen atoms in total. The predicted octanol–water partition coefficient (Wildman–Crippen LogP) is 0.0583. The second kappa shape index (κ2) is 7.66. The normalized spacial score (nSPS) is 17.8. The Morgan fingerprint density at radius 1 is 1.21 bits per heavy atom. The molecule has 0 aromatic heterocycles. The average Bonchev–Trinajstić information content (AvgIpc) is 2.35. The molecule has 1 rings (SSSR count). The molecule has 2 N–H and O–H groups in total. The highest BCUT2D eigenvalue weighted by atomic mass is 19.4. The molecule has 1 saturated heterocycles. The Hall–Kier alpha value is -0.860. The Bertz CT molecular complexity index is 279. The summed E-state index contributed by atoms with van der Waals surface area (Å²) in [7, 11) is 0. The van der Waals surface area contributed by atoms with Crippen LogP contribution >= 0.6 is 0 Å². The molecule has 8 heteroatoms. The predicted molar refractivity (Wildman–Crippen MR) is 63.6 cm³/mol. The number of carbonyl (C=O) groups is 1. The van der Waals surface area contributed by atoms with Crippen LogP contribution in [-0.4, -0.2) is 74.4 Å². The second-order valence-electron chi connectivity index (χ2n) is 4.47. The smallest absolute Gasteiger partial charge is 0.362 e. The number of hydrogen-bond donors (Lipinski definition) is 1. The van der Waals surface area contributed by atoms with Crippen LogP contribution < -0.4 is 5.73 Å². The Balaban J connectivity index is 2.18. The minimum absolute atomic E-state index is 0.386. The van der Waals surface area contributed by atoms with Crippen LogP contribution in [0.4, 0.5) is 13.2 Å². The number of halogens is 3. The molecular formula is C11H20F3N3O2. The van der Waals surface area contributed by atoms with Crippen molar-refractivity contribution in [2.45, 2.75) is 12.6 Å². The Kier molecular flexibility index (Phi) is 6.53. The monoisotopic (exact) mass is 283 g/mol. The summed E-state index contributed by atoms with van der Waals surface area (Å²) in [5.41, 5.74) is 5.41. The summed E-state index contributed by atoms with van der Waals surface area (Å²) in [6, 6.07) is 0. The zero-order chi connectivity index (χ0) is 14.3. The number of rotatable bonds is 6. The summed E-state index contributed by atoms with van der Waals surface area (Å²) in [5, 5.41) is 0. The van der Waals surface area contributed by atoms with Crippen molar-refractivity contribution < 1.29 is 22.7 Å². The van der Waals surface area contributed by atoms with Crippen molar-refractivity contribution in [2.75, 3.05) is 52.5 Å². The highest BCUT2D eigenvalue weighted by molar-refractivity contribution is 5.77. The molecule has 112 valence electrons. The molecule has 1 amide bonds. The molecule has 1 fully saturated rings. The first-order valence-electron chi connectivity index (χ1n) is 6.27. The van der Waals surface area contributed by atoms with E-state index < -0.39 is 19.4 Å². The van der Waals surface area contributed by atoms with E-state index >= 15 is 0 Å². The van der Waals surface area contributed by atoms with Crippen molar-refractivity contribution in [1.29, 1.82) is 0 Å². The van der Waals surface area contributed by atoms with E-state index in [0.717, 1.165) is 26.1 Å². The molecule has 0 aliphatic carbocycles. The van der Waals surface area contributed by atoms with Crippen LogP contribution in [0.5, 0.6) is 0 Å². The molecule has 0 atom stereocenters. The standard InChI is InChI=1S/C11H20F3N3O2/c12-11(13,14)9-19-8-10(18)17-6-4-16(5-7-17)3-1-2-15/h1-9,15H2. The van der Waals surface area contributed by atoms with E-state index in [4.69, 9.17) is 5.73 Å². The minimum atomic E-state index is -4.39. The average molecular weight is 283 g/mol. The van der Waals surface area contributed by atoms with Gasteiger partial charge in [-0.2, -0.15) is 13.2 Å². The SMILES string of the molecule is NCCCN1CCN(C(=O)COCC(F)(F)F)CC1. The van der Waals surface area contributed by atoms with Gasteiger partial charge < -0.3 is 15.4 Å². The molecular weight excluding hydrogens is 263 g/mol. The number of alkyl halides is 3. The van der Waals surface area contributed by atoms with E-state index in [0.29, 0.717) is 19.6 Å². The zero-order valence-corrected chi connectivity index (χ0v) is 10.8. The number of nitrogens with two attached hydrogens (primary N) is 1. The van der Waals surface area contributed by atoms with Crippen molar-refractivity contribution >= 4 is 5.91 Å². The minimum Gasteiger partial charge on any atom is -0.362 e. The highest BCUT2D eigenvalue weighted by Crippen LogP contribution is 2.14. The molecule has 0 aromatic carbocycles. The molecule has 1 aliphatic rings.